The monoisotopic (exact) mass is 452 g/mol. The number of aromatic nitrogens is 1. The Balaban J connectivity index is 0.000000195. The summed E-state index contributed by atoms with van der Waals surface area (Å²) in [7, 11) is 1.76. The van der Waals surface area contributed by atoms with Gasteiger partial charge in [-0.3, -0.25) is 9.98 Å². The van der Waals surface area contributed by atoms with Crippen LogP contribution in [0.3, 0.4) is 0 Å². The molecule has 32 heavy (non-hydrogen) atoms. The zero-order chi connectivity index (χ0) is 23.3. The number of nitrogens with zero attached hydrogens (tertiary/aromatic N) is 2. The van der Waals surface area contributed by atoms with Crippen LogP contribution in [0.25, 0.3) is 0 Å². The quantitative estimate of drug-likeness (QED) is 0.521. The minimum absolute atomic E-state index is 0.205. The molecule has 2 heterocycles. The molecule has 0 radical (unpaired) electrons. The first-order chi connectivity index (χ1) is 15.3. The molecule has 5 nitrogen and oxygen atoms in total. The lowest BCUT2D eigenvalue weighted by molar-refractivity contribution is 0.186. The standard InChI is InChI=1S/C14H13ClN4.C12H20O/c1-16-13-8-18-14(12-3-2-6-17-12)10-7-9(15)4-5-11(10)19-13;1-8(2)10-5-6-12(13)11(7-10)9(3)4/h2-7,17H,8H2,1H3,(H,16,19);7,9,12-13H,5-6H2,1-4H3. The maximum atomic E-state index is 9.75. The van der Waals surface area contributed by atoms with Gasteiger partial charge >= 0.3 is 0 Å². The number of aliphatic imine (C=N–C) groups is 2. The Labute approximate surface area is 196 Å². The number of anilines is 1. The first-order valence-corrected chi connectivity index (χ1v) is 11.4. The summed E-state index contributed by atoms with van der Waals surface area (Å²) in [6, 6.07) is 9.68. The Hall–Kier alpha value is -2.63. The van der Waals surface area contributed by atoms with Crippen LogP contribution < -0.4 is 5.32 Å². The minimum Gasteiger partial charge on any atom is -0.389 e. The summed E-state index contributed by atoms with van der Waals surface area (Å²) >= 11 is 6.10. The summed E-state index contributed by atoms with van der Waals surface area (Å²) in [6.45, 7) is 9.09. The summed E-state index contributed by atoms with van der Waals surface area (Å²) in [5.74, 6) is 1.30. The van der Waals surface area contributed by atoms with E-state index in [9.17, 15) is 5.11 Å². The van der Waals surface area contributed by atoms with Gasteiger partial charge in [0.25, 0.3) is 0 Å². The number of H-pyrrole nitrogens is 1. The van der Waals surface area contributed by atoms with Gasteiger partial charge in [0.1, 0.15) is 5.84 Å². The van der Waals surface area contributed by atoms with E-state index in [4.69, 9.17) is 11.6 Å². The largest absolute Gasteiger partial charge is 0.389 e. The third-order valence-corrected chi connectivity index (χ3v) is 5.98. The van der Waals surface area contributed by atoms with Crippen LogP contribution >= 0.6 is 11.6 Å². The van der Waals surface area contributed by atoms with Gasteiger partial charge in [-0.2, -0.15) is 0 Å². The molecule has 1 aliphatic carbocycles. The lowest BCUT2D eigenvalue weighted by Gasteiger charge is -2.24. The van der Waals surface area contributed by atoms with Crippen molar-refractivity contribution < 1.29 is 5.11 Å². The Morgan fingerprint density at radius 3 is 2.66 bits per heavy atom. The van der Waals surface area contributed by atoms with E-state index >= 15 is 0 Å². The number of fused-ring (bicyclic) bond motifs is 1. The highest BCUT2D eigenvalue weighted by atomic mass is 35.5. The van der Waals surface area contributed by atoms with Crippen molar-refractivity contribution in [2.75, 3.05) is 18.9 Å². The molecule has 0 amide bonds. The lowest BCUT2D eigenvalue weighted by atomic mass is 9.85. The van der Waals surface area contributed by atoms with Crippen LogP contribution in [-0.4, -0.2) is 41.3 Å². The van der Waals surface area contributed by atoms with Gasteiger partial charge < -0.3 is 15.4 Å². The molecule has 1 atom stereocenters. The van der Waals surface area contributed by atoms with Crippen molar-refractivity contribution in [2.45, 2.75) is 46.6 Å². The fourth-order valence-electron chi connectivity index (χ4n) is 3.86. The van der Waals surface area contributed by atoms with Crippen molar-refractivity contribution >= 4 is 28.8 Å². The predicted octanol–water partition coefficient (Wildman–Crippen LogP) is 6.02. The van der Waals surface area contributed by atoms with E-state index in [2.05, 4.69) is 54.1 Å². The van der Waals surface area contributed by atoms with Gasteiger partial charge in [0.15, 0.2) is 0 Å². The lowest BCUT2D eigenvalue weighted by Crippen LogP contribution is -2.19. The van der Waals surface area contributed by atoms with Crippen LogP contribution in [0.15, 0.2) is 69.3 Å². The van der Waals surface area contributed by atoms with Crippen molar-refractivity contribution in [3.05, 3.63) is 75.6 Å². The fourth-order valence-corrected chi connectivity index (χ4v) is 4.04. The molecule has 170 valence electrons. The van der Waals surface area contributed by atoms with E-state index in [1.807, 2.05) is 36.5 Å². The number of aliphatic hydroxyl groups excluding tert-OH is 1. The second-order valence-electron chi connectivity index (χ2n) is 8.61. The maximum absolute atomic E-state index is 9.75. The van der Waals surface area contributed by atoms with E-state index in [1.54, 1.807) is 7.05 Å². The van der Waals surface area contributed by atoms with Crippen molar-refractivity contribution in [1.29, 1.82) is 0 Å². The number of aliphatic hydroxyl groups is 1. The highest BCUT2D eigenvalue weighted by molar-refractivity contribution is 6.31. The number of halogens is 1. The summed E-state index contributed by atoms with van der Waals surface area (Å²) in [4.78, 5) is 12.0. The van der Waals surface area contributed by atoms with Crippen LogP contribution in [0.2, 0.25) is 5.02 Å². The van der Waals surface area contributed by atoms with Gasteiger partial charge in [0.2, 0.25) is 0 Å². The number of benzene rings is 1. The summed E-state index contributed by atoms with van der Waals surface area (Å²) in [5.41, 5.74) is 7.81. The Bertz CT molecular complexity index is 1060. The number of allylic oxidation sites excluding steroid dienone is 3. The first kappa shape index (κ1) is 24.0. The smallest absolute Gasteiger partial charge is 0.122 e. The van der Waals surface area contributed by atoms with Gasteiger partial charge in [-0.15, -0.1) is 0 Å². The zero-order valence-corrected chi connectivity index (χ0v) is 20.3. The minimum atomic E-state index is -0.205. The average Bonchev–Trinajstić information content (AvgIpc) is 3.23. The van der Waals surface area contributed by atoms with Crippen LogP contribution in [0.1, 0.15) is 51.8 Å². The fraction of sp³-hybridized carbons (Fsp3) is 0.385. The molecule has 0 bridgehead atoms. The van der Waals surface area contributed by atoms with Gasteiger partial charge in [-0.25, -0.2) is 0 Å². The van der Waals surface area contributed by atoms with Crippen molar-refractivity contribution in [2.24, 2.45) is 15.9 Å². The highest BCUT2D eigenvalue weighted by Gasteiger charge is 2.20. The van der Waals surface area contributed by atoms with Crippen molar-refractivity contribution in [3.8, 4) is 0 Å². The van der Waals surface area contributed by atoms with E-state index in [0.29, 0.717) is 17.5 Å². The first-order valence-electron chi connectivity index (χ1n) is 11.1. The van der Waals surface area contributed by atoms with Gasteiger partial charge in [-0.05, 0) is 74.1 Å². The predicted molar refractivity (Wildman–Crippen MR) is 136 cm³/mol. The van der Waals surface area contributed by atoms with E-state index < -0.39 is 0 Å². The topological polar surface area (TPSA) is 72.8 Å². The number of aromatic amines is 1. The molecule has 1 aromatic heterocycles. The molecule has 4 rings (SSSR count). The number of hydrogen-bond donors (Lipinski definition) is 3. The van der Waals surface area contributed by atoms with E-state index in [-0.39, 0.29) is 6.10 Å². The Morgan fingerprint density at radius 1 is 1.25 bits per heavy atom. The molecule has 6 heteroatoms. The molecule has 1 unspecified atom stereocenters. The van der Waals surface area contributed by atoms with E-state index in [0.717, 1.165) is 41.3 Å². The average molecular weight is 453 g/mol. The maximum Gasteiger partial charge on any atom is 0.122 e. The number of benzodiazepines with no additional fused rings is 1. The third-order valence-electron chi connectivity index (χ3n) is 5.75. The third kappa shape index (κ3) is 5.78. The van der Waals surface area contributed by atoms with E-state index in [1.165, 1.54) is 16.7 Å². The molecule has 0 fully saturated rings. The molecule has 2 aromatic rings. The number of amidine groups is 1. The number of nitrogens with one attached hydrogen (secondary N) is 2. The molecule has 0 saturated carbocycles. The SMILES string of the molecule is CC(C)=C1C=C(C(C)C)C(O)CC1.CN=C1CN=C(c2ccc[nH]2)c2cc(Cl)ccc2N1. The highest BCUT2D eigenvalue weighted by Crippen LogP contribution is 2.29. The van der Waals surface area contributed by atoms with Gasteiger partial charge in [0, 0.05) is 29.5 Å². The van der Waals surface area contributed by atoms with Crippen molar-refractivity contribution in [1.82, 2.24) is 4.98 Å². The molecule has 2 aliphatic rings. The number of hydrogen-bond acceptors (Lipinski definition) is 3. The summed E-state index contributed by atoms with van der Waals surface area (Å²) in [5, 5.41) is 13.7. The molecule has 3 N–H and O–H groups in total. The van der Waals surface area contributed by atoms with Crippen LogP contribution in [0.4, 0.5) is 5.69 Å². The Kier molecular flexibility index (Phi) is 8.10. The number of rotatable bonds is 2. The molecular weight excluding hydrogens is 420 g/mol. The molecular formula is C26H33ClN4O. The second-order valence-corrected chi connectivity index (χ2v) is 9.05. The van der Waals surface area contributed by atoms with Crippen LogP contribution in [0, 0.1) is 5.92 Å². The zero-order valence-electron chi connectivity index (χ0n) is 19.5. The summed E-state index contributed by atoms with van der Waals surface area (Å²) in [6.07, 6.45) is 5.79. The summed E-state index contributed by atoms with van der Waals surface area (Å²) < 4.78 is 0. The Morgan fingerprint density at radius 2 is 2.03 bits per heavy atom. The molecule has 0 spiro atoms. The second kappa shape index (κ2) is 10.8. The van der Waals surface area contributed by atoms with Crippen molar-refractivity contribution in [3.63, 3.8) is 0 Å². The van der Waals surface area contributed by atoms with Crippen LogP contribution in [0.5, 0.6) is 0 Å². The van der Waals surface area contributed by atoms with Crippen LogP contribution in [-0.2, 0) is 0 Å². The van der Waals surface area contributed by atoms with Gasteiger partial charge in [0.05, 0.1) is 24.1 Å². The normalized spacial score (nSPS) is 19.3. The molecule has 1 aliphatic heterocycles. The molecule has 1 aromatic carbocycles. The molecule has 0 saturated heterocycles. The van der Waals surface area contributed by atoms with Gasteiger partial charge in [-0.1, -0.05) is 37.1 Å².